The zero-order chi connectivity index (χ0) is 14.9. The highest BCUT2D eigenvalue weighted by molar-refractivity contribution is 6.97. The van der Waals surface area contributed by atoms with Crippen molar-refractivity contribution in [2.75, 3.05) is 0 Å². The lowest BCUT2D eigenvalue weighted by atomic mass is 10.0. The minimum Gasteiger partial charge on any atom is -0.0728 e. The lowest BCUT2D eigenvalue weighted by molar-refractivity contribution is 0.493. The van der Waals surface area contributed by atoms with Gasteiger partial charge in [0.05, 0.1) is 0 Å². The molecule has 1 atom stereocenters. The Balaban J connectivity index is 2.04. The van der Waals surface area contributed by atoms with Gasteiger partial charge in [-0.25, -0.2) is 0 Å². The minimum absolute atomic E-state index is 0.911. The number of hydrogen-bond donors (Lipinski definition) is 0. The SMILES string of the molecule is CC1=C[C]([Si](C)(c2ccccc2)C2CCCCC2)C(C)=C1. The summed E-state index contributed by atoms with van der Waals surface area (Å²) in [6, 6.07) is 11.4. The van der Waals surface area contributed by atoms with Gasteiger partial charge in [-0.3, -0.25) is 0 Å². The zero-order valence-electron chi connectivity index (χ0n) is 13.7. The van der Waals surface area contributed by atoms with E-state index in [1.54, 1.807) is 10.7 Å². The molecule has 0 N–H and O–H groups in total. The fourth-order valence-corrected chi connectivity index (χ4v) is 9.53. The molecule has 0 aliphatic heterocycles. The van der Waals surface area contributed by atoms with Crippen molar-refractivity contribution in [1.82, 2.24) is 0 Å². The summed E-state index contributed by atoms with van der Waals surface area (Å²) in [5.41, 5.74) is 5.57. The van der Waals surface area contributed by atoms with Crippen LogP contribution in [0.4, 0.5) is 0 Å². The Labute approximate surface area is 131 Å². The maximum Gasteiger partial charge on any atom is 0.102 e. The van der Waals surface area contributed by atoms with E-state index in [0.717, 1.165) is 5.54 Å². The summed E-state index contributed by atoms with van der Waals surface area (Å²) < 4.78 is 0. The first-order valence-electron chi connectivity index (χ1n) is 8.42. The molecule has 21 heavy (non-hydrogen) atoms. The normalized spacial score (nSPS) is 23.6. The van der Waals surface area contributed by atoms with Crippen LogP contribution in [0.3, 0.4) is 0 Å². The molecule has 1 aromatic rings. The van der Waals surface area contributed by atoms with Crippen LogP contribution in [-0.2, 0) is 0 Å². The molecule has 0 amide bonds. The van der Waals surface area contributed by atoms with Crippen LogP contribution in [-0.4, -0.2) is 8.07 Å². The largest absolute Gasteiger partial charge is 0.102 e. The van der Waals surface area contributed by atoms with Crippen LogP contribution in [0.25, 0.3) is 0 Å². The Morgan fingerprint density at radius 3 is 2.14 bits per heavy atom. The maximum absolute atomic E-state index is 2.63. The second kappa shape index (κ2) is 5.96. The first-order valence-corrected chi connectivity index (χ1v) is 11.0. The van der Waals surface area contributed by atoms with Gasteiger partial charge < -0.3 is 0 Å². The topological polar surface area (TPSA) is 0 Å². The monoisotopic (exact) mass is 295 g/mol. The lowest BCUT2D eigenvalue weighted by Gasteiger charge is -2.42. The summed E-state index contributed by atoms with van der Waals surface area (Å²) in [4.78, 5) is 0. The van der Waals surface area contributed by atoms with E-state index in [1.807, 2.05) is 0 Å². The number of hydrogen-bond acceptors (Lipinski definition) is 0. The first kappa shape index (κ1) is 14.8. The van der Waals surface area contributed by atoms with E-state index in [-0.39, 0.29) is 0 Å². The van der Waals surface area contributed by atoms with E-state index >= 15 is 0 Å². The second-order valence-electron chi connectivity index (χ2n) is 7.03. The lowest BCUT2D eigenvalue weighted by Crippen LogP contribution is -2.54. The third kappa shape index (κ3) is 2.68. The van der Waals surface area contributed by atoms with Crippen molar-refractivity contribution in [2.24, 2.45) is 0 Å². The van der Waals surface area contributed by atoms with Gasteiger partial charge in [0.2, 0.25) is 0 Å². The van der Waals surface area contributed by atoms with Gasteiger partial charge in [0.1, 0.15) is 8.07 Å². The number of rotatable bonds is 3. The van der Waals surface area contributed by atoms with E-state index in [1.165, 1.54) is 43.3 Å². The van der Waals surface area contributed by atoms with Crippen LogP contribution < -0.4 is 5.19 Å². The highest BCUT2D eigenvalue weighted by Crippen LogP contribution is 2.45. The smallest absolute Gasteiger partial charge is 0.0728 e. The summed E-state index contributed by atoms with van der Waals surface area (Å²) in [6.07, 6.45) is 12.0. The Kier molecular flexibility index (Phi) is 4.21. The van der Waals surface area contributed by atoms with Gasteiger partial charge >= 0.3 is 0 Å². The van der Waals surface area contributed by atoms with Crippen LogP contribution in [0.2, 0.25) is 12.1 Å². The van der Waals surface area contributed by atoms with Crippen molar-refractivity contribution in [3.63, 3.8) is 0 Å². The highest BCUT2D eigenvalue weighted by Gasteiger charge is 2.46. The molecule has 1 saturated carbocycles. The van der Waals surface area contributed by atoms with Crippen LogP contribution in [0.1, 0.15) is 46.0 Å². The van der Waals surface area contributed by atoms with Crippen molar-refractivity contribution in [2.45, 2.75) is 58.0 Å². The summed E-state index contributed by atoms with van der Waals surface area (Å²) in [7, 11) is -1.62. The molecule has 1 heteroatoms. The molecule has 0 aromatic heterocycles. The van der Waals surface area contributed by atoms with Gasteiger partial charge in [-0.15, -0.1) is 0 Å². The van der Waals surface area contributed by atoms with Gasteiger partial charge in [-0.2, -0.15) is 0 Å². The Bertz CT molecular complexity index is 548. The molecule has 2 aliphatic carbocycles. The Morgan fingerprint density at radius 2 is 1.57 bits per heavy atom. The first-order chi connectivity index (χ1) is 10.1. The van der Waals surface area contributed by atoms with Crippen LogP contribution >= 0.6 is 0 Å². The molecule has 1 fully saturated rings. The molecule has 2 aliphatic rings. The Morgan fingerprint density at radius 1 is 0.905 bits per heavy atom. The summed E-state index contributed by atoms with van der Waals surface area (Å²) in [5, 5.41) is 1.63. The Hall–Kier alpha value is -1.08. The molecule has 3 rings (SSSR count). The van der Waals surface area contributed by atoms with Gasteiger partial charge in [0.15, 0.2) is 0 Å². The molecule has 0 saturated heterocycles. The predicted octanol–water partition coefficient (Wildman–Crippen LogP) is 5.33. The quantitative estimate of drug-likeness (QED) is 0.661. The molecule has 1 aromatic carbocycles. The predicted molar refractivity (Wildman–Crippen MR) is 95.3 cm³/mol. The second-order valence-corrected chi connectivity index (χ2v) is 11.4. The maximum atomic E-state index is 2.63. The molecule has 1 radical (unpaired) electrons. The molecular formula is C20H27Si. The third-order valence-electron chi connectivity index (χ3n) is 5.60. The minimum atomic E-state index is -1.62. The molecule has 111 valence electrons. The van der Waals surface area contributed by atoms with E-state index < -0.39 is 8.07 Å². The average molecular weight is 296 g/mol. The third-order valence-corrected chi connectivity index (χ3v) is 11.0. The van der Waals surface area contributed by atoms with E-state index in [0.29, 0.717) is 0 Å². The van der Waals surface area contributed by atoms with Crippen molar-refractivity contribution in [1.29, 1.82) is 0 Å². The van der Waals surface area contributed by atoms with Gasteiger partial charge in [-0.05, 0) is 19.4 Å². The van der Waals surface area contributed by atoms with E-state index in [2.05, 4.69) is 62.9 Å². The highest BCUT2D eigenvalue weighted by atomic mass is 28.3. The average Bonchev–Trinajstić information content (AvgIpc) is 2.87. The summed E-state index contributed by atoms with van der Waals surface area (Å²) in [6.45, 7) is 7.19. The van der Waals surface area contributed by atoms with E-state index in [4.69, 9.17) is 0 Å². The number of allylic oxidation sites excluding steroid dienone is 4. The van der Waals surface area contributed by atoms with Gasteiger partial charge in [0.25, 0.3) is 0 Å². The van der Waals surface area contributed by atoms with Crippen molar-refractivity contribution >= 4 is 13.3 Å². The molecule has 0 nitrogen and oxygen atoms in total. The standard InChI is InChI=1S/C20H27Si/c1-16-14-17(2)20(15-16)21(3,18-10-6-4-7-11-18)19-12-8-5-9-13-19/h4,6-7,10-11,14-15,19H,5,8-9,12-13H2,1-3H3. The fraction of sp³-hybridized carbons (Fsp3) is 0.450. The zero-order valence-corrected chi connectivity index (χ0v) is 14.7. The molecule has 0 spiro atoms. The summed E-state index contributed by atoms with van der Waals surface area (Å²) in [5.74, 6) is 0. The van der Waals surface area contributed by atoms with Crippen molar-refractivity contribution < 1.29 is 0 Å². The van der Waals surface area contributed by atoms with E-state index in [9.17, 15) is 0 Å². The molecular weight excluding hydrogens is 268 g/mol. The van der Waals surface area contributed by atoms with Crippen molar-refractivity contribution in [3.8, 4) is 0 Å². The van der Waals surface area contributed by atoms with Crippen LogP contribution in [0.5, 0.6) is 0 Å². The number of benzene rings is 1. The summed E-state index contributed by atoms with van der Waals surface area (Å²) >= 11 is 0. The van der Waals surface area contributed by atoms with Gasteiger partial charge in [-0.1, -0.05) is 97.5 Å². The molecule has 1 unspecified atom stereocenters. The van der Waals surface area contributed by atoms with Crippen LogP contribution in [0.15, 0.2) is 53.6 Å². The van der Waals surface area contributed by atoms with Crippen LogP contribution in [0, 0.1) is 5.54 Å². The van der Waals surface area contributed by atoms with Gasteiger partial charge in [0, 0.05) is 5.54 Å². The molecule has 0 heterocycles. The molecule has 0 bridgehead atoms. The fourth-order valence-electron chi connectivity index (χ4n) is 4.44. The van der Waals surface area contributed by atoms with Crippen molar-refractivity contribution in [3.05, 3.63) is 59.2 Å².